The molecule has 0 saturated heterocycles. The van der Waals surface area contributed by atoms with Crippen LogP contribution < -0.4 is 4.90 Å². The highest BCUT2D eigenvalue weighted by molar-refractivity contribution is 6.29. The molecule has 5 heteroatoms. The lowest BCUT2D eigenvalue weighted by atomic mass is 10.2. The van der Waals surface area contributed by atoms with Crippen LogP contribution in [0.15, 0.2) is 36.7 Å². The zero-order valence-electron chi connectivity index (χ0n) is 10.1. The normalized spacial score (nSPS) is 10.2. The molecule has 0 aliphatic heterocycles. The highest BCUT2D eigenvalue weighted by atomic mass is 35.5. The minimum Gasteiger partial charge on any atom is -0.311 e. The summed E-state index contributed by atoms with van der Waals surface area (Å²) in [5.74, 6) is -0.131. The number of hydrogen-bond donors (Lipinski definition) is 0. The standard InChI is InChI=1S/C13H12ClN3O/c1-9-7-10(8-12(14)16-9)13(18)17(2)11-3-5-15-6-4-11/h3-8H,1-2H3. The number of carbonyl (C=O) groups is 1. The smallest absolute Gasteiger partial charge is 0.258 e. The Morgan fingerprint density at radius 3 is 2.56 bits per heavy atom. The van der Waals surface area contributed by atoms with Crippen molar-refractivity contribution in [1.82, 2.24) is 9.97 Å². The SMILES string of the molecule is Cc1cc(C(=O)N(C)c2ccncc2)cc(Cl)n1. The van der Waals surface area contributed by atoms with Gasteiger partial charge in [0.2, 0.25) is 0 Å². The molecule has 0 aromatic carbocycles. The minimum atomic E-state index is -0.131. The molecule has 0 aliphatic carbocycles. The van der Waals surface area contributed by atoms with Gasteiger partial charge in [0.25, 0.3) is 5.91 Å². The molecule has 0 aliphatic rings. The maximum absolute atomic E-state index is 12.3. The van der Waals surface area contributed by atoms with Crippen molar-refractivity contribution in [3.63, 3.8) is 0 Å². The van der Waals surface area contributed by atoms with Crippen molar-refractivity contribution in [2.45, 2.75) is 6.92 Å². The van der Waals surface area contributed by atoms with Crippen LogP contribution in [0.5, 0.6) is 0 Å². The lowest BCUT2D eigenvalue weighted by Gasteiger charge is -2.17. The third-order valence-electron chi connectivity index (χ3n) is 2.52. The van der Waals surface area contributed by atoms with Gasteiger partial charge in [-0.2, -0.15) is 0 Å². The molecule has 92 valence electrons. The van der Waals surface area contributed by atoms with Crippen LogP contribution in [-0.4, -0.2) is 22.9 Å². The van der Waals surface area contributed by atoms with E-state index in [0.29, 0.717) is 16.4 Å². The Morgan fingerprint density at radius 2 is 1.94 bits per heavy atom. The first-order valence-electron chi connectivity index (χ1n) is 5.40. The molecule has 0 bridgehead atoms. The molecule has 0 atom stereocenters. The van der Waals surface area contributed by atoms with Crippen LogP contribution in [0.1, 0.15) is 16.1 Å². The summed E-state index contributed by atoms with van der Waals surface area (Å²) < 4.78 is 0. The molecule has 18 heavy (non-hydrogen) atoms. The molecule has 0 unspecified atom stereocenters. The first kappa shape index (κ1) is 12.5. The molecule has 0 spiro atoms. The summed E-state index contributed by atoms with van der Waals surface area (Å²) >= 11 is 5.85. The van der Waals surface area contributed by atoms with Gasteiger partial charge < -0.3 is 4.90 Å². The van der Waals surface area contributed by atoms with Gasteiger partial charge in [-0.3, -0.25) is 9.78 Å². The van der Waals surface area contributed by atoms with Crippen molar-refractivity contribution in [2.24, 2.45) is 0 Å². The number of halogens is 1. The molecule has 1 amide bonds. The van der Waals surface area contributed by atoms with Crippen LogP contribution in [0.2, 0.25) is 5.15 Å². The summed E-state index contributed by atoms with van der Waals surface area (Å²) in [6, 6.07) is 6.82. The second kappa shape index (κ2) is 5.14. The van der Waals surface area contributed by atoms with Gasteiger partial charge in [0.15, 0.2) is 0 Å². The predicted molar refractivity (Wildman–Crippen MR) is 71.0 cm³/mol. The van der Waals surface area contributed by atoms with E-state index < -0.39 is 0 Å². The van der Waals surface area contributed by atoms with E-state index in [2.05, 4.69) is 9.97 Å². The lowest BCUT2D eigenvalue weighted by Crippen LogP contribution is -2.26. The van der Waals surface area contributed by atoms with Crippen molar-refractivity contribution in [3.05, 3.63) is 53.1 Å². The van der Waals surface area contributed by atoms with Crippen LogP contribution in [0, 0.1) is 6.92 Å². The minimum absolute atomic E-state index is 0.131. The van der Waals surface area contributed by atoms with E-state index in [1.54, 1.807) is 55.5 Å². The Labute approximate surface area is 110 Å². The average Bonchev–Trinajstić information content (AvgIpc) is 2.37. The summed E-state index contributed by atoms with van der Waals surface area (Å²) in [4.78, 5) is 21.8. The van der Waals surface area contributed by atoms with Crippen molar-refractivity contribution in [2.75, 3.05) is 11.9 Å². The van der Waals surface area contributed by atoms with Gasteiger partial charge in [-0.15, -0.1) is 0 Å². The number of amides is 1. The molecule has 2 aromatic heterocycles. The van der Waals surface area contributed by atoms with Crippen LogP contribution in [0.25, 0.3) is 0 Å². The van der Waals surface area contributed by atoms with E-state index in [1.807, 2.05) is 0 Å². The maximum Gasteiger partial charge on any atom is 0.258 e. The molecular formula is C13H12ClN3O. The van der Waals surface area contributed by atoms with Gasteiger partial charge in [0.05, 0.1) is 0 Å². The van der Waals surface area contributed by atoms with Gasteiger partial charge in [-0.25, -0.2) is 4.98 Å². The molecular weight excluding hydrogens is 250 g/mol. The number of hydrogen-bond acceptors (Lipinski definition) is 3. The molecule has 2 rings (SSSR count). The topological polar surface area (TPSA) is 46.1 Å². The second-order valence-electron chi connectivity index (χ2n) is 3.89. The van der Waals surface area contributed by atoms with Crippen LogP contribution in [-0.2, 0) is 0 Å². The Morgan fingerprint density at radius 1 is 1.28 bits per heavy atom. The zero-order chi connectivity index (χ0) is 13.1. The molecule has 4 nitrogen and oxygen atoms in total. The molecule has 0 radical (unpaired) electrons. The third kappa shape index (κ3) is 2.65. The summed E-state index contributed by atoms with van der Waals surface area (Å²) in [7, 11) is 1.71. The molecule has 2 aromatic rings. The van der Waals surface area contributed by atoms with Gasteiger partial charge in [-0.05, 0) is 31.2 Å². The molecule has 0 saturated carbocycles. The van der Waals surface area contributed by atoms with E-state index in [9.17, 15) is 4.79 Å². The van der Waals surface area contributed by atoms with E-state index in [-0.39, 0.29) is 5.91 Å². The van der Waals surface area contributed by atoms with Gasteiger partial charge in [-0.1, -0.05) is 11.6 Å². The number of anilines is 1. The lowest BCUT2D eigenvalue weighted by molar-refractivity contribution is 0.0993. The van der Waals surface area contributed by atoms with Crippen molar-refractivity contribution in [3.8, 4) is 0 Å². The van der Waals surface area contributed by atoms with Crippen molar-refractivity contribution >= 4 is 23.2 Å². The fourth-order valence-corrected chi connectivity index (χ4v) is 1.88. The quantitative estimate of drug-likeness (QED) is 0.781. The average molecular weight is 262 g/mol. The third-order valence-corrected chi connectivity index (χ3v) is 2.72. The highest BCUT2D eigenvalue weighted by Crippen LogP contribution is 2.16. The van der Waals surface area contributed by atoms with Crippen molar-refractivity contribution in [1.29, 1.82) is 0 Å². The number of pyridine rings is 2. The van der Waals surface area contributed by atoms with Gasteiger partial charge in [0.1, 0.15) is 5.15 Å². The first-order chi connectivity index (χ1) is 8.58. The van der Waals surface area contributed by atoms with Crippen LogP contribution in [0.4, 0.5) is 5.69 Å². The van der Waals surface area contributed by atoms with Gasteiger partial charge >= 0.3 is 0 Å². The fraction of sp³-hybridized carbons (Fsp3) is 0.154. The van der Waals surface area contributed by atoms with E-state index >= 15 is 0 Å². The van der Waals surface area contributed by atoms with E-state index in [1.165, 1.54) is 0 Å². The second-order valence-corrected chi connectivity index (χ2v) is 4.28. The number of carbonyl (C=O) groups excluding carboxylic acids is 1. The number of aryl methyl sites for hydroxylation is 1. The summed E-state index contributed by atoms with van der Waals surface area (Å²) in [6.07, 6.45) is 3.29. The number of rotatable bonds is 2. The highest BCUT2D eigenvalue weighted by Gasteiger charge is 2.14. The Hall–Kier alpha value is -1.94. The maximum atomic E-state index is 12.3. The molecule has 0 fully saturated rings. The van der Waals surface area contributed by atoms with Crippen molar-refractivity contribution < 1.29 is 4.79 Å². The van der Waals surface area contributed by atoms with Crippen LogP contribution >= 0.6 is 11.6 Å². The first-order valence-corrected chi connectivity index (χ1v) is 5.78. The predicted octanol–water partition coefficient (Wildman–Crippen LogP) is 2.72. The molecule has 0 N–H and O–H groups in total. The van der Waals surface area contributed by atoms with Crippen LogP contribution in [0.3, 0.4) is 0 Å². The zero-order valence-corrected chi connectivity index (χ0v) is 10.8. The van der Waals surface area contributed by atoms with E-state index in [4.69, 9.17) is 11.6 Å². The van der Waals surface area contributed by atoms with Gasteiger partial charge in [0, 0.05) is 36.4 Å². The Bertz CT molecular complexity index is 551. The number of aromatic nitrogens is 2. The van der Waals surface area contributed by atoms with E-state index in [0.717, 1.165) is 5.69 Å². The molecule has 2 heterocycles. The summed E-state index contributed by atoms with van der Waals surface area (Å²) in [5.41, 5.74) is 2.02. The Kier molecular flexibility index (Phi) is 3.58. The largest absolute Gasteiger partial charge is 0.311 e. The Balaban J connectivity index is 2.31. The number of nitrogens with zero attached hydrogens (tertiary/aromatic N) is 3. The summed E-state index contributed by atoms with van der Waals surface area (Å²) in [5, 5.41) is 0.321. The monoisotopic (exact) mass is 261 g/mol. The fourth-order valence-electron chi connectivity index (χ4n) is 1.63. The summed E-state index contributed by atoms with van der Waals surface area (Å²) in [6.45, 7) is 1.80.